The first-order valence-corrected chi connectivity index (χ1v) is 9.95. The number of amides is 1. The molecule has 0 saturated heterocycles. The Hall–Kier alpha value is -2.69. The first-order chi connectivity index (χ1) is 13.7. The Morgan fingerprint density at radius 1 is 0.929 bits per heavy atom. The summed E-state index contributed by atoms with van der Waals surface area (Å²) in [5.41, 5.74) is 2.23. The van der Waals surface area contributed by atoms with Crippen molar-refractivity contribution < 1.29 is 19.0 Å². The van der Waals surface area contributed by atoms with Crippen molar-refractivity contribution in [2.45, 2.75) is 39.5 Å². The molecule has 0 unspecified atom stereocenters. The largest absolute Gasteiger partial charge is 0.496 e. The summed E-state index contributed by atoms with van der Waals surface area (Å²) in [7, 11) is 1.68. The number of benzene rings is 2. The van der Waals surface area contributed by atoms with E-state index in [1.165, 1.54) is 0 Å². The minimum atomic E-state index is 0.0619. The van der Waals surface area contributed by atoms with Crippen LogP contribution in [0, 0.1) is 0 Å². The molecule has 0 aliphatic rings. The molecule has 0 bridgehead atoms. The van der Waals surface area contributed by atoms with Crippen molar-refractivity contribution in [3.63, 3.8) is 0 Å². The van der Waals surface area contributed by atoms with Gasteiger partial charge in [0, 0.05) is 13.0 Å². The number of aryl methyl sites for hydroxylation is 2. The number of hydrogen-bond acceptors (Lipinski definition) is 4. The Morgan fingerprint density at radius 2 is 1.68 bits per heavy atom. The summed E-state index contributed by atoms with van der Waals surface area (Å²) < 4.78 is 16.6. The molecule has 0 saturated carbocycles. The van der Waals surface area contributed by atoms with E-state index in [2.05, 4.69) is 11.4 Å². The summed E-state index contributed by atoms with van der Waals surface area (Å²) in [6.07, 6.45) is 2.88. The summed E-state index contributed by atoms with van der Waals surface area (Å²) in [5, 5.41) is 3.00. The van der Waals surface area contributed by atoms with Gasteiger partial charge in [0.25, 0.3) is 0 Å². The summed E-state index contributed by atoms with van der Waals surface area (Å²) >= 11 is 0. The molecule has 152 valence electrons. The van der Waals surface area contributed by atoms with Gasteiger partial charge in [-0.25, -0.2) is 0 Å². The molecule has 5 nitrogen and oxygen atoms in total. The molecule has 0 aromatic heterocycles. The van der Waals surface area contributed by atoms with Gasteiger partial charge >= 0.3 is 0 Å². The Labute approximate surface area is 168 Å². The molecule has 1 N–H and O–H groups in total. The van der Waals surface area contributed by atoms with Crippen molar-refractivity contribution in [3.8, 4) is 17.2 Å². The average molecular weight is 386 g/mol. The molecule has 0 heterocycles. The molecule has 2 aromatic rings. The van der Waals surface area contributed by atoms with Crippen LogP contribution >= 0.6 is 0 Å². The summed E-state index contributed by atoms with van der Waals surface area (Å²) in [6, 6.07) is 13.8. The van der Waals surface area contributed by atoms with Crippen LogP contribution in [0.5, 0.6) is 17.2 Å². The van der Waals surface area contributed by atoms with Crippen molar-refractivity contribution >= 4 is 5.91 Å². The molecular formula is C23H31NO4. The van der Waals surface area contributed by atoms with Crippen LogP contribution in [0.3, 0.4) is 0 Å². The number of carbonyl (C=O) groups excluding carboxylic acids is 1. The molecule has 0 spiro atoms. The van der Waals surface area contributed by atoms with Crippen LogP contribution in [0.1, 0.15) is 37.8 Å². The number of ether oxygens (including phenoxy) is 3. The predicted octanol–water partition coefficient (Wildman–Crippen LogP) is 4.17. The van der Waals surface area contributed by atoms with Gasteiger partial charge in [-0.2, -0.15) is 0 Å². The number of hydrogen-bond donors (Lipinski definition) is 1. The van der Waals surface area contributed by atoms with Crippen molar-refractivity contribution in [2.24, 2.45) is 0 Å². The fraction of sp³-hybridized carbons (Fsp3) is 0.435. The van der Waals surface area contributed by atoms with Crippen LogP contribution in [0.25, 0.3) is 0 Å². The molecule has 2 rings (SSSR count). The van der Waals surface area contributed by atoms with Crippen LogP contribution in [0.4, 0.5) is 0 Å². The second-order valence-corrected chi connectivity index (χ2v) is 6.41. The highest BCUT2D eigenvalue weighted by Gasteiger charge is 2.08. The second-order valence-electron chi connectivity index (χ2n) is 6.41. The minimum Gasteiger partial charge on any atom is -0.496 e. The number of nitrogens with one attached hydrogen (secondary N) is 1. The van der Waals surface area contributed by atoms with Gasteiger partial charge in [-0.15, -0.1) is 0 Å². The van der Waals surface area contributed by atoms with E-state index in [0.717, 1.165) is 41.2 Å². The number of rotatable bonds is 12. The zero-order chi connectivity index (χ0) is 20.2. The van der Waals surface area contributed by atoms with Gasteiger partial charge in [0.2, 0.25) is 5.91 Å². The molecule has 2 aromatic carbocycles. The third-order valence-electron chi connectivity index (χ3n) is 4.39. The van der Waals surface area contributed by atoms with Crippen LogP contribution in [-0.2, 0) is 17.6 Å². The first kappa shape index (κ1) is 21.6. The average Bonchev–Trinajstić information content (AvgIpc) is 2.72. The Kier molecular flexibility index (Phi) is 9.19. The van der Waals surface area contributed by atoms with Crippen molar-refractivity contribution in [1.82, 2.24) is 5.32 Å². The highest BCUT2D eigenvalue weighted by molar-refractivity contribution is 5.76. The van der Waals surface area contributed by atoms with Gasteiger partial charge in [-0.3, -0.25) is 4.79 Å². The van der Waals surface area contributed by atoms with E-state index in [1.54, 1.807) is 7.11 Å². The van der Waals surface area contributed by atoms with E-state index in [1.807, 2.05) is 50.2 Å². The topological polar surface area (TPSA) is 56.8 Å². The summed E-state index contributed by atoms with van der Waals surface area (Å²) in [4.78, 5) is 12.1. The van der Waals surface area contributed by atoms with Gasteiger partial charge in [0.15, 0.2) is 11.5 Å². The van der Waals surface area contributed by atoms with E-state index in [9.17, 15) is 4.79 Å². The smallest absolute Gasteiger partial charge is 0.220 e. The maximum atomic E-state index is 12.1. The zero-order valence-electron chi connectivity index (χ0n) is 17.1. The van der Waals surface area contributed by atoms with E-state index in [4.69, 9.17) is 14.2 Å². The Bertz CT molecular complexity index is 745. The van der Waals surface area contributed by atoms with Gasteiger partial charge in [-0.05, 0) is 62.4 Å². The van der Waals surface area contributed by atoms with Gasteiger partial charge in [-0.1, -0.05) is 24.3 Å². The van der Waals surface area contributed by atoms with Gasteiger partial charge < -0.3 is 19.5 Å². The van der Waals surface area contributed by atoms with Crippen LogP contribution in [-0.4, -0.2) is 32.8 Å². The third-order valence-corrected chi connectivity index (χ3v) is 4.39. The SMILES string of the molecule is CCOc1ccc(CCC(=O)NCCCc2ccccc2OC)cc1OCC. The monoisotopic (exact) mass is 385 g/mol. The van der Waals surface area contributed by atoms with E-state index in [0.29, 0.717) is 32.6 Å². The second kappa shape index (κ2) is 11.9. The van der Waals surface area contributed by atoms with E-state index < -0.39 is 0 Å². The molecule has 0 aliphatic carbocycles. The molecule has 5 heteroatoms. The fourth-order valence-corrected chi connectivity index (χ4v) is 3.01. The van der Waals surface area contributed by atoms with E-state index in [-0.39, 0.29) is 5.91 Å². The van der Waals surface area contributed by atoms with Gasteiger partial charge in [0.1, 0.15) is 5.75 Å². The maximum absolute atomic E-state index is 12.1. The number of para-hydroxylation sites is 1. The lowest BCUT2D eigenvalue weighted by Crippen LogP contribution is -2.25. The first-order valence-electron chi connectivity index (χ1n) is 9.95. The van der Waals surface area contributed by atoms with Crippen molar-refractivity contribution in [1.29, 1.82) is 0 Å². The fourth-order valence-electron chi connectivity index (χ4n) is 3.01. The zero-order valence-corrected chi connectivity index (χ0v) is 17.1. The third kappa shape index (κ3) is 6.80. The Morgan fingerprint density at radius 3 is 2.43 bits per heavy atom. The normalized spacial score (nSPS) is 10.4. The van der Waals surface area contributed by atoms with Gasteiger partial charge in [0.05, 0.1) is 20.3 Å². The maximum Gasteiger partial charge on any atom is 0.220 e. The number of carbonyl (C=O) groups is 1. The Balaban J connectivity index is 1.75. The van der Waals surface area contributed by atoms with Crippen LogP contribution in [0.15, 0.2) is 42.5 Å². The summed E-state index contributed by atoms with van der Waals surface area (Å²) in [6.45, 7) is 5.72. The van der Waals surface area contributed by atoms with Crippen molar-refractivity contribution in [2.75, 3.05) is 26.9 Å². The molecule has 0 aliphatic heterocycles. The van der Waals surface area contributed by atoms with Crippen LogP contribution < -0.4 is 19.5 Å². The van der Waals surface area contributed by atoms with Crippen LogP contribution in [0.2, 0.25) is 0 Å². The molecule has 1 amide bonds. The standard InChI is InChI=1S/C23H31NO4/c1-4-27-21-14-12-18(17-22(21)28-5-2)13-15-23(25)24-16-8-10-19-9-6-7-11-20(19)26-3/h6-7,9,11-12,14,17H,4-5,8,10,13,15-16H2,1-3H3,(H,24,25). The lowest BCUT2D eigenvalue weighted by Gasteiger charge is -2.12. The quantitative estimate of drug-likeness (QED) is 0.557. The minimum absolute atomic E-state index is 0.0619. The predicted molar refractivity (Wildman–Crippen MR) is 111 cm³/mol. The lowest BCUT2D eigenvalue weighted by atomic mass is 10.1. The van der Waals surface area contributed by atoms with E-state index >= 15 is 0 Å². The highest BCUT2D eigenvalue weighted by Crippen LogP contribution is 2.29. The van der Waals surface area contributed by atoms with Crippen molar-refractivity contribution in [3.05, 3.63) is 53.6 Å². The molecule has 0 atom stereocenters. The molecule has 0 fully saturated rings. The molecule has 0 radical (unpaired) electrons. The lowest BCUT2D eigenvalue weighted by molar-refractivity contribution is -0.121. The number of methoxy groups -OCH3 is 1. The molecular weight excluding hydrogens is 354 g/mol. The highest BCUT2D eigenvalue weighted by atomic mass is 16.5. The molecule has 28 heavy (non-hydrogen) atoms. The summed E-state index contributed by atoms with van der Waals surface area (Å²) in [5.74, 6) is 2.44.